The number of urea groups is 1. The number of pyridine rings is 1. The van der Waals surface area contributed by atoms with E-state index in [-0.39, 0.29) is 11.9 Å². The van der Waals surface area contributed by atoms with Gasteiger partial charge in [-0.2, -0.15) is 0 Å². The molecule has 4 rings (SSSR count). The monoisotopic (exact) mass is 466 g/mol. The zero-order valence-corrected chi connectivity index (χ0v) is 19.3. The molecule has 0 aliphatic heterocycles. The van der Waals surface area contributed by atoms with Gasteiger partial charge in [0.25, 0.3) is 5.91 Å². The first kappa shape index (κ1) is 23.5. The molecule has 0 radical (unpaired) electrons. The maximum atomic E-state index is 13.0. The number of anilines is 1. The normalized spacial score (nSPS) is 10.3. The molecular weight excluding hydrogens is 440 g/mol. The number of methoxy groups -OCH3 is 1. The molecule has 7 heteroatoms. The summed E-state index contributed by atoms with van der Waals surface area (Å²) in [5, 5.41) is 8.67. The van der Waals surface area contributed by atoms with Crippen LogP contribution in [0.15, 0.2) is 97.3 Å². The molecule has 0 saturated heterocycles. The lowest BCUT2D eigenvalue weighted by atomic mass is 9.95. The molecule has 0 aliphatic carbocycles. The van der Waals surface area contributed by atoms with Crippen LogP contribution in [-0.4, -0.2) is 24.0 Å². The van der Waals surface area contributed by atoms with Gasteiger partial charge in [0.2, 0.25) is 0 Å². The van der Waals surface area contributed by atoms with Crippen LogP contribution in [-0.2, 0) is 13.1 Å². The molecule has 0 fully saturated rings. The minimum Gasteiger partial charge on any atom is -0.497 e. The van der Waals surface area contributed by atoms with E-state index in [0.717, 1.165) is 22.3 Å². The predicted octanol–water partition coefficient (Wildman–Crippen LogP) is 5.01. The lowest BCUT2D eigenvalue weighted by Gasteiger charge is -2.15. The third-order valence-corrected chi connectivity index (χ3v) is 5.44. The molecule has 0 bridgehead atoms. The highest BCUT2D eigenvalue weighted by atomic mass is 16.5. The fourth-order valence-corrected chi connectivity index (χ4v) is 3.66. The average Bonchev–Trinajstić information content (AvgIpc) is 2.92. The van der Waals surface area contributed by atoms with Crippen molar-refractivity contribution in [2.24, 2.45) is 0 Å². The summed E-state index contributed by atoms with van der Waals surface area (Å²) in [7, 11) is 1.59. The number of rotatable bonds is 8. The van der Waals surface area contributed by atoms with E-state index < -0.39 is 0 Å². The molecule has 7 nitrogen and oxygen atoms in total. The van der Waals surface area contributed by atoms with Crippen molar-refractivity contribution in [1.82, 2.24) is 15.6 Å². The Labute approximate surface area is 204 Å². The number of ether oxygens (including phenoxy) is 1. The van der Waals surface area contributed by atoms with E-state index in [1.165, 1.54) is 0 Å². The summed E-state index contributed by atoms with van der Waals surface area (Å²) in [5.41, 5.74) is 4.71. The third-order valence-electron chi connectivity index (χ3n) is 5.44. The molecule has 1 heterocycles. The molecule has 0 saturated carbocycles. The highest BCUT2D eigenvalue weighted by Gasteiger charge is 2.15. The molecule has 0 spiro atoms. The molecule has 176 valence electrons. The number of nitrogens with one attached hydrogen (secondary N) is 3. The van der Waals surface area contributed by atoms with Gasteiger partial charge < -0.3 is 20.7 Å². The Morgan fingerprint density at radius 3 is 2.29 bits per heavy atom. The Morgan fingerprint density at radius 2 is 1.54 bits per heavy atom. The summed E-state index contributed by atoms with van der Waals surface area (Å²) < 4.78 is 5.14. The second-order valence-corrected chi connectivity index (χ2v) is 7.78. The number of benzene rings is 3. The number of aromatic nitrogens is 1. The van der Waals surface area contributed by atoms with Crippen LogP contribution < -0.4 is 20.7 Å². The summed E-state index contributed by atoms with van der Waals surface area (Å²) >= 11 is 0. The van der Waals surface area contributed by atoms with Gasteiger partial charge in [0, 0.05) is 36.7 Å². The molecular formula is C28H26N4O3. The van der Waals surface area contributed by atoms with Gasteiger partial charge in [-0.05, 0) is 58.7 Å². The topological polar surface area (TPSA) is 92.4 Å². The van der Waals surface area contributed by atoms with E-state index in [1.54, 1.807) is 49.8 Å². The number of amides is 3. The van der Waals surface area contributed by atoms with Crippen LogP contribution in [0.5, 0.6) is 5.75 Å². The van der Waals surface area contributed by atoms with E-state index in [4.69, 9.17) is 4.74 Å². The lowest BCUT2D eigenvalue weighted by molar-refractivity contribution is 0.0951. The number of hydrogen-bond donors (Lipinski definition) is 3. The van der Waals surface area contributed by atoms with Crippen LogP contribution >= 0.6 is 0 Å². The van der Waals surface area contributed by atoms with E-state index in [1.807, 2.05) is 54.6 Å². The Balaban J connectivity index is 1.46. The van der Waals surface area contributed by atoms with Crippen molar-refractivity contribution in [3.8, 4) is 16.9 Å². The van der Waals surface area contributed by atoms with E-state index in [0.29, 0.717) is 30.1 Å². The standard InChI is InChI=1S/C28H26N4O3/c1-35-23-14-12-22(13-15-23)32-28(34)31-19-21-8-2-3-9-24(21)25-10-4-5-11-26(25)27(33)30-18-20-7-6-16-29-17-20/h2-17H,18-19H2,1H3,(H,30,33)(H2,31,32,34). The first-order valence-corrected chi connectivity index (χ1v) is 11.2. The Morgan fingerprint density at radius 1 is 0.800 bits per heavy atom. The molecule has 3 amide bonds. The molecule has 0 aliphatic rings. The maximum Gasteiger partial charge on any atom is 0.319 e. The van der Waals surface area contributed by atoms with E-state index in [2.05, 4.69) is 20.9 Å². The molecule has 3 aromatic carbocycles. The third kappa shape index (κ3) is 6.23. The SMILES string of the molecule is COc1ccc(NC(=O)NCc2ccccc2-c2ccccc2C(=O)NCc2cccnc2)cc1. The van der Waals surface area contributed by atoms with Crippen LogP contribution in [0.2, 0.25) is 0 Å². The van der Waals surface area contributed by atoms with Gasteiger partial charge in [-0.15, -0.1) is 0 Å². The summed E-state index contributed by atoms with van der Waals surface area (Å²) in [5.74, 6) is 0.539. The summed E-state index contributed by atoms with van der Waals surface area (Å²) in [6.45, 7) is 0.680. The number of hydrogen-bond acceptors (Lipinski definition) is 4. The van der Waals surface area contributed by atoms with Crippen LogP contribution in [0, 0.1) is 0 Å². The van der Waals surface area contributed by atoms with Gasteiger partial charge in [0.1, 0.15) is 5.75 Å². The van der Waals surface area contributed by atoms with Crippen molar-refractivity contribution in [3.63, 3.8) is 0 Å². The molecule has 4 aromatic rings. The van der Waals surface area contributed by atoms with E-state index >= 15 is 0 Å². The minimum atomic E-state index is -0.326. The Kier molecular flexibility index (Phi) is 7.70. The minimum absolute atomic E-state index is 0.176. The summed E-state index contributed by atoms with van der Waals surface area (Å²) in [6, 6.07) is 25.7. The predicted molar refractivity (Wildman–Crippen MR) is 136 cm³/mol. The quantitative estimate of drug-likeness (QED) is 0.340. The largest absolute Gasteiger partial charge is 0.497 e. The lowest BCUT2D eigenvalue weighted by Crippen LogP contribution is -2.28. The summed E-state index contributed by atoms with van der Waals surface area (Å²) in [6.07, 6.45) is 3.42. The van der Waals surface area contributed by atoms with Crippen molar-refractivity contribution < 1.29 is 14.3 Å². The number of carbonyl (C=O) groups excluding carboxylic acids is 2. The van der Waals surface area contributed by atoms with E-state index in [9.17, 15) is 9.59 Å². The van der Waals surface area contributed by atoms with Crippen LogP contribution in [0.25, 0.3) is 11.1 Å². The van der Waals surface area contributed by atoms with Gasteiger partial charge in [0.15, 0.2) is 0 Å². The highest BCUT2D eigenvalue weighted by molar-refractivity contribution is 6.01. The van der Waals surface area contributed by atoms with Gasteiger partial charge in [-0.25, -0.2) is 4.79 Å². The zero-order chi connectivity index (χ0) is 24.5. The maximum absolute atomic E-state index is 13.0. The second kappa shape index (κ2) is 11.5. The molecule has 0 atom stereocenters. The fourth-order valence-electron chi connectivity index (χ4n) is 3.66. The Bertz CT molecular complexity index is 1290. The van der Waals surface area contributed by atoms with Gasteiger partial charge in [-0.3, -0.25) is 9.78 Å². The van der Waals surface area contributed by atoms with Gasteiger partial charge in [-0.1, -0.05) is 48.5 Å². The van der Waals surface area contributed by atoms with Crippen molar-refractivity contribution in [1.29, 1.82) is 0 Å². The molecule has 1 aromatic heterocycles. The van der Waals surface area contributed by atoms with Crippen molar-refractivity contribution in [3.05, 3.63) is 114 Å². The van der Waals surface area contributed by atoms with Crippen molar-refractivity contribution >= 4 is 17.6 Å². The summed E-state index contributed by atoms with van der Waals surface area (Å²) in [4.78, 5) is 29.6. The first-order valence-electron chi connectivity index (χ1n) is 11.2. The van der Waals surface area contributed by atoms with Crippen molar-refractivity contribution in [2.45, 2.75) is 13.1 Å². The zero-order valence-electron chi connectivity index (χ0n) is 19.3. The second-order valence-electron chi connectivity index (χ2n) is 7.78. The van der Waals surface area contributed by atoms with Crippen LogP contribution in [0.3, 0.4) is 0 Å². The highest BCUT2D eigenvalue weighted by Crippen LogP contribution is 2.27. The number of carbonyl (C=O) groups is 2. The Hall–Kier alpha value is -4.65. The molecule has 0 unspecified atom stereocenters. The first-order chi connectivity index (χ1) is 17.1. The fraction of sp³-hybridized carbons (Fsp3) is 0.107. The smallest absolute Gasteiger partial charge is 0.319 e. The molecule has 3 N–H and O–H groups in total. The van der Waals surface area contributed by atoms with Gasteiger partial charge in [0.05, 0.1) is 7.11 Å². The average molecular weight is 467 g/mol. The number of nitrogens with zero attached hydrogens (tertiary/aromatic N) is 1. The van der Waals surface area contributed by atoms with Crippen molar-refractivity contribution in [2.75, 3.05) is 12.4 Å². The van der Waals surface area contributed by atoms with Crippen LogP contribution in [0.1, 0.15) is 21.5 Å². The van der Waals surface area contributed by atoms with Crippen LogP contribution in [0.4, 0.5) is 10.5 Å². The molecule has 35 heavy (non-hydrogen) atoms. The van der Waals surface area contributed by atoms with Gasteiger partial charge >= 0.3 is 6.03 Å².